The number of hydrogen-bond acceptors (Lipinski definition) is 6. The standard InChI is InChI=1S/C33H41NO6/c1-4-39-32(37)26-20-18-25(19-21-26)15-11-9-7-5-6-8-10-14-22-40-33(38)29(23-24(2)3)34-30(35)27-16-12-13-17-28(27)31(34)36/h9,11-13,16-21,24,29H,4-8,10,14-15,22-23H2,1-3H3/b11-9+/t29-/m0/s1. The Morgan fingerprint density at radius 1 is 0.825 bits per heavy atom. The van der Waals surface area contributed by atoms with Gasteiger partial charge in [0.1, 0.15) is 6.04 Å². The van der Waals surface area contributed by atoms with Crippen LogP contribution in [0.3, 0.4) is 0 Å². The van der Waals surface area contributed by atoms with Gasteiger partial charge in [0.2, 0.25) is 0 Å². The number of unbranched alkanes of at least 4 members (excludes halogenated alkanes) is 5. The van der Waals surface area contributed by atoms with Gasteiger partial charge in [0.25, 0.3) is 11.8 Å². The number of imide groups is 1. The SMILES string of the molecule is CCOC(=O)c1ccc(C/C=C/CCCCCCCOC(=O)[C@H](CC(C)C)N2C(=O)c3ccccc3C2=O)cc1. The highest BCUT2D eigenvalue weighted by molar-refractivity contribution is 6.22. The molecule has 40 heavy (non-hydrogen) atoms. The van der Waals surface area contributed by atoms with Crippen molar-refractivity contribution in [3.8, 4) is 0 Å². The first-order valence-corrected chi connectivity index (χ1v) is 14.4. The van der Waals surface area contributed by atoms with Crippen LogP contribution >= 0.6 is 0 Å². The Balaban J connectivity index is 1.31. The average Bonchev–Trinajstić information content (AvgIpc) is 3.20. The Hall–Kier alpha value is -3.74. The Morgan fingerprint density at radius 3 is 2.08 bits per heavy atom. The van der Waals surface area contributed by atoms with Gasteiger partial charge < -0.3 is 9.47 Å². The fourth-order valence-electron chi connectivity index (χ4n) is 4.74. The Kier molecular flexibility index (Phi) is 12.1. The van der Waals surface area contributed by atoms with Gasteiger partial charge in [-0.05, 0) is 74.8 Å². The lowest BCUT2D eigenvalue weighted by atomic mass is 10.0. The van der Waals surface area contributed by atoms with Gasteiger partial charge >= 0.3 is 11.9 Å². The van der Waals surface area contributed by atoms with Crippen molar-refractivity contribution in [1.29, 1.82) is 0 Å². The molecule has 0 saturated heterocycles. The van der Waals surface area contributed by atoms with Gasteiger partial charge in [-0.2, -0.15) is 0 Å². The third-order valence-electron chi connectivity index (χ3n) is 6.85. The minimum absolute atomic E-state index is 0.118. The van der Waals surface area contributed by atoms with Crippen LogP contribution in [0.2, 0.25) is 0 Å². The third kappa shape index (κ3) is 8.63. The second kappa shape index (κ2) is 15.8. The summed E-state index contributed by atoms with van der Waals surface area (Å²) in [6, 6.07) is 13.3. The third-order valence-corrected chi connectivity index (χ3v) is 6.85. The maximum absolute atomic E-state index is 12.9. The predicted molar refractivity (Wildman–Crippen MR) is 154 cm³/mol. The van der Waals surface area contributed by atoms with Gasteiger partial charge in [0.15, 0.2) is 0 Å². The highest BCUT2D eigenvalue weighted by atomic mass is 16.5. The Bertz CT molecular complexity index is 1150. The second-order valence-electron chi connectivity index (χ2n) is 10.5. The van der Waals surface area contributed by atoms with E-state index in [4.69, 9.17) is 9.47 Å². The molecule has 2 amide bonds. The number of carbonyl (C=O) groups is 4. The molecule has 1 heterocycles. The lowest BCUT2D eigenvalue weighted by Crippen LogP contribution is -2.46. The molecule has 1 atom stereocenters. The molecular weight excluding hydrogens is 506 g/mol. The number of fused-ring (bicyclic) bond motifs is 1. The van der Waals surface area contributed by atoms with E-state index < -0.39 is 23.8 Å². The summed E-state index contributed by atoms with van der Waals surface area (Å²) in [6.45, 7) is 6.36. The molecule has 0 aromatic heterocycles. The van der Waals surface area contributed by atoms with Crippen LogP contribution in [0.25, 0.3) is 0 Å². The maximum atomic E-state index is 12.9. The topological polar surface area (TPSA) is 90.0 Å². The van der Waals surface area contributed by atoms with Crippen molar-refractivity contribution in [1.82, 2.24) is 4.90 Å². The largest absolute Gasteiger partial charge is 0.464 e. The molecule has 0 aliphatic carbocycles. The number of amides is 2. The molecule has 2 aromatic carbocycles. The number of nitrogens with zero attached hydrogens (tertiary/aromatic N) is 1. The van der Waals surface area contributed by atoms with E-state index in [2.05, 4.69) is 12.2 Å². The van der Waals surface area contributed by atoms with E-state index in [1.807, 2.05) is 26.0 Å². The van der Waals surface area contributed by atoms with E-state index in [1.165, 1.54) is 0 Å². The van der Waals surface area contributed by atoms with E-state index in [1.54, 1.807) is 43.3 Å². The smallest absolute Gasteiger partial charge is 0.338 e. The van der Waals surface area contributed by atoms with Crippen molar-refractivity contribution in [2.45, 2.75) is 78.2 Å². The molecule has 1 aliphatic rings. The normalized spacial score (nSPS) is 13.7. The summed E-state index contributed by atoms with van der Waals surface area (Å²) >= 11 is 0. The lowest BCUT2D eigenvalue weighted by molar-refractivity contribution is -0.149. The van der Waals surface area contributed by atoms with Crippen molar-refractivity contribution in [2.75, 3.05) is 13.2 Å². The molecule has 0 unspecified atom stereocenters. The van der Waals surface area contributed by atoms with Gasteiger partial charge in [-0.1, -0.05) is 69.5 Å². The van der Waals surface area contributed by atoms with E-state index >= 15 is 0 Å². The van der Waals surface area contributed by atoms with Crippen LogP contribution in [0, 0.1) is 5.92 Å². The number of esters is 2. The van der Waals surface area contributed by atoms with Crippen LogP contribution in [-0.4, -0.2) is 47.9 Å². The molecular formula is C33H41NO6. The van der Waals surface area contributed by atoms with Crippen LogP contribution in [0.5, 0.6) is 0 Å². The quantitative estimate of drug-likeness (QED) is 0.102. The van der Waals surface area contributed by atoms with Gasteiger partial charge in [0.05, 0.1) is 29.9 Å². The van der Waals surface area contributed by atoms with E-state index in [0.29, 0.717) is 29.7 Å². The van der Waals surface area contributed by atoms with Gasteiger partial charge in [-0.15, -0.1) is 0 Å². The van der Waals surface area contributed by atoms with Crippen LogP contribution in [0.1, 0.15) is 102 Å². The van der Waals surface area contributed by atoms with Crippen LogP contribution in [0.4, 0.5) is 0 Å². The first-order chi connectivity index (χ1) is 19.3. The number of allylic oxidation sites excluding steroid dienone is 2. The van der Waals surface area contributed by atoms with Crippen molar-refractivity contribution >= 4 is 23.8 Å². The maximum Gasteiger partial charge on any atom is 0.338 e. The van der Waals surface area contributed by atoms with E-state index in [0.717, 1.165) is 55.4 Å². The molecule has 0 saturated carbocycles. The molecule has 7 nitrogen and oxygen atoms in total. The van der Waals surface area contributed by atoms with Crippen molar-refractivity contribution < 1.29 is 28.7 Å². The van der Waals surface area contributed by atoms with Crippen LogP contribution < -0.4 is 0 Å². The van der Waals surface area contributed by atoms with Crippen molar-refractivity contribution in [3.05, 3.63) is 82.9 Å². The molecule has 0 fully saturated rings. The zero-order valence-electron chi connectivity index (χ0n) is 23.9. The number of ether oxygens (including phenoxy) is 2. The van der Waals surface area contributed by atoms with Gasteiger partial charge in [0, 0.05) is 0 Å². The van der Waals surface area contributed by atoms with Gasteiger partial charge in [-0.25, -0.2) is 9.59 Å². The van der Waals surface area contributed by atoms with E-state index in [-0.39, 0.29) is 18.5 Å². The zero-order valence-corrected chi connectivity index (χ0v) is 23.9. The van der Waals surface area contributed by atoms with Crippen molar-refractivity contribution in [2.24, 2.45) is 5.92 Å². The minimum Gasteiger partial charge on any atom is -0.464 e. The average molecular weight is 548 g/mol. The monoisotopic (exact) mass is 547 g/mol. The molecule has 0 spiro atoms. The molecule has 2 aromatic rings. The Morgan fingerprint density at radius 2 is 1.45 bits per heavy atom. The number of rotatable bonds is 16. The Labute approximate surface area is 237 Å². The highest BCUT2D eigenvalue weighted by Gasteiger charge is 2.43. The molecule has 214 valence electrons. The highest BCUT2D eigenvalue weighted by Crippen LogP contribution is 2.27. The number of carbonyl (C=O) groups excluding carboxylic acids is 4. The summed E-state index contributed by atoms with van der Waals surface area (Å²) in [5.74, 6) is -1.54. The summed E-state index contributed by atoms with van der Waals surface area (Å²) in [4.78, 5) is 51.5. The van der Waals surface area contributed by atoms with Crippen LogP contribution in [-0.2, 0) is 20.7 Å². The number of hydrogen-bond donors (Lipinski definition) is 0. The summed E-state index contributed by atoms with van der Waals surface area (Å²) in [7, 11) is 0. The second-order valence-corrected chi connectivity index (χ2v) is 10.5. The first kappa shape index (κ1) is 30.8. The molecule has 7 heteroatoms. The summed E-state index contributed by atoms with van der Waals surface area (Å²) in [5, 5.41) is 0. The first-order valence-electron chi connectivity index (χ1n) is 14.4. The fraction of sp³-hybridized carbons (Fsp3) is 0.455. The molecule has 0 N–H and O–H groups in total. The van der Waals surface area contributed by atoms with E-state index in [9.17, 15) is 19.2 Å². The molecule has 0 bridgehead atoms. The predicted octanol–water partition coefficient (Wildman–Crippen LogP) is 6.56. The molecule has 0 radical (unpaired) electrons. The van der Waals surface area contributed by atoms with Crippen LogP contribution in [0.15, 0.2) is 60.7 Å². The molecule has 1 aliphatic heterocycles. The molecule has 3 rings (SSSR count). The number of benzene rings is 2. The summed E-state index contributed by atoms with van der Waals surface area (Å²) in [5.41, 5.74) is 2.40. The van der Waals surface area contributed by atoms with Crippen molar-refractivity contribution in [3.63, 3.8) is 0 Å². The fourth-order valence-corrected chi connectivity index (χ4v) is 4.74. The summed E-state index contributed by atoms with van der Waals surface area (Å²) in [6.07, 6.45) is 11.5. The minimum atomic E-state index is -0.908. The van der Waals surface area contributed by atoms with Gasteiger partial charge in [-0.3, -0.25) is 14.5 Å². The summed E-state index contributed by atoms with van der Waals surface area (Å²) < 4.78 is 10.5. The zero-order chi connectivity index (χ0) is 28.9. The lowest BCUT2D eigenvalue weighted by Gasteiger charge is -2.26.